The molecule has 2 fully saturated rings. The summed E-state index contributed by atoms with van der Waals surface area (Å²) < 4.78 is 10.8. The molecule has 1 atom stereocenters. The van der Waals surface area contributed by atoms with Crippen molar-refractivity contribution in [2.75, 3.05) is 13.2 Å². The highest BCUT2D eigenvalue weighted by molar-refractivity contribution is 5.69. The predicted molar refractivity (Wildman–Crippen MR) is 65.7 cm³/mol. The van der Waals surface area contributed by atoms with E-state index in [4.69, 9.17) is 9.47 Å². The molecular weight excluding hydrogens is 216 g/mol. The predicted octanol–water partition coefficient (Wildman–Crippen LogP) is 3.07. The number of hydrogen-bond donors (Lipinski definition) is 0. The number of esters is 1. The average molecular weight is 240 g/mol. The van der Waals surface area contributed by atoms with Crippen LogP contribution in [-0.2, 0) is 14.3 Å². The number of rotatable bonds is 5. The van der Waals surface area contributed by atoms with E-state index in [2.05, 4.69) is 0 Å². The van der Waals surface area contributed by atoms with E-state index in [1.807, 2.05) is 0 Å². The van der Waals surface area contributed by atoms with Gasteiger partial charge in [-0.15, -0.1) is 0 Å². The maximum absolute atomic E-state index is 11.6. The molecular formula is C14H24O3. The van der Waals surface area contributed by atoms with Gasteiger partial charge < -0.3 is 9.47 Å². The van der Waals surface area contributed by atoms with Crippen LogP contribution < -0.4 is 0 Å². The minimum atomic E-state index is -0.0360. The molecule has 0 aromatic heterocycles. The quantitative estimate of drug-likeness (QED) is 0.693. The van der Waals surface area contributed by atoms with Gasteiger partial charge >= 0.3 is 5.97 Å². The highest BCUT2D eigenvalue weighted by atomic mass is 16.6. The SMILES string of the molecule is O=C(CCC1CCCC1)OCC1CCCCO1. The zero-order valence-electron chi connectivity index (χ0n) is 10.7. The molecule has 0 aromatic carbocycles. The maximum Gasteiger partial charge on any atom is 0.305 e. The van der Waals surface area contributed by atoms with E-state index in [1.165, 1.54) is 32.1 Å². The van der Waals surface area contributed by atoms with Gasteiger partial charge in [0, 0.05) is 13.0 Å². The lowest BCUT2D eigenvalue weighted by Gasteiger charge is -2.22. The van der Waals surface area contributed by atoms with Crippen LogP contribution in [0, 0.1) is 5.92 Å². The lowest BCUT2D eigenvalue weighted by atomic mass is 10.0. The first-order valence-corrected chi connectivity index (χ1v) is 7.12. The first-order valence-electron chi connectivity index (χ1n) is 7.12. The number of hydrogen-bond acceptors (Lipinski definition) is 3. The van der Waals surface area contributed by atoms with E-state index >= 15 is 0 Å². The normalized spacial score (nSPS) is 26.0. The molecule has 0 radical (unpaired) electrons. The Kier molecular flexibility index (Phi) is 5.30. The molecule has 1 heterocycles. The maximum atomic E-state index is 11.6. The van der Waals surface area contributed by atoms with E-state index in [-0.39, 0.29) is 12.1 Å². The molecule has 1 saturated carbocycles. The summed E-state index contributed by atoms with van der Waals surface area (Å²) in [5.41, 5.74) is 0. The summed E-state index contributed by atoms with van der Waals surface area (Å²) in [4.78, 5) is 11.6. The highest BCUT2D eigenvalue weighted by Gasteiger charge is 2.18. The van der Waals surface area contributed by atoms with Crippen LogP contribution in [0.5, 0.6) is 0 Å². The minimum Gasteiger partial charge on any atom is -0.463 e. The second kappa shape index (κ2) is 7.00. The van der Waals surface area contributed by atoms with Gasteiger partial charge in [0.05, 0.1) is 6.10 Å². The van der Waals surface area contributed by atoms with Gasteiger partial charge in [-0.25, -0.2) is 0 Å². The molecule has 2 aliphatic rings. The van der Waals surface area contributed by atoms with E-state index in [0.29, 0.717) is 13.0 Å². The van der Waals surface area contributed by atoms with Crippen molar-refractivity contribution in [1.29, 1.82) is 0 Å². The van der Waals surface area contributed by atoms with Crippen molar-refractivity contribution in [2.24, 2.45) is 5.92 Å². The van der Waals surface area contributed by atoms with Gasteiger partial charge in [-0.1, -0.05) is 25.7 Å². The zero-order chi connectivity index (χ0) is 11.9. The molecule has 3 nitrogen and oxygen atoms in total. The van der Waals surface area contributed by atoms with Gasteiger partial charge in [0.15, 0.2) is 0 Å². The molecule has 0 N–H and O–H groups in total. The van der Waals surface area contributed by atoms with Crippen molar-refractivity contribution in [3.63, 3.8) is 0 Å². The molecule has 3 heteroatoms. The summed E-state index contributed by atoms with van der Waals surface area (Å²) >= 11 is 0. The largest absolute Gasteiger partial charge is 0.463 e. The average Bonchev–Trinajstić information content (AvgIpc) is 2.88. The Labute approximate surface area is 104 Å². The van der Waals surface area contributed by atoms with Crippen LogP contribution >= 0.6 is 0 Å². The molecule has 98 valence electrons. The molecule has 2 rings (SSSR count). The van der Waals surface area contributed by atoms with Crippen LogP contribution in [0.25, 0.3) is 0 Å². The van der Waals surface area contributed by atoms with Crippen molar-refractivity contribution in [2.45, 2.75) is 63.9 Å². The van der Waals surface area contributed by atoms with Crippen LogP contribution in [0.2, 0.25) is 0 Å². The third-order valence-electron chi connectivity index (χ3n) is 3.94. The van der Waals surface area contributed by atoms with Gasteiger partial charge in [-0.05, 0) is 31.6 Å². The van der Waals surface area contributed by atoms with E-state index in [0.717, 1.165) is 31.8 Å². The number of ether oxygens (including phenoxy) is 2. The second-order valence-corrected chi connectivity index (χ2v) is 5.36. The highest BCUT2D eigenvalue weighted by Crippen LogP contribution is 2.28. The Bertz CT molecular complexity index is 228. The van der Waals surface area contributed by atoms with Gasteiger partial charge in [0.25, 0.3) is 0 Å². The summed E-state index contributed by atoms with van der Waals surface area (Å²) in [6, 6.07) is 0. The van der Waals surface area contributed by atoms with Gasteiger partial charge in [0.2, 0.25) is 0 Å². The van der Waals surface area contributed by atoms with Crippen LogP contribution in [0.15, 0.2) is 0 Å². The molecule has 1 saturated heterocycles. The van der Waals surface area contributed by atoms with Gasteiger partial charge in [-0.3, -0.25) is 4.79 Å². The second-order valence-electron chi connectivity index (χ2n) is 5.36. The van der Waals surface area contributed by atoms with Crippen molar-refractivity contribution in [1.82, 2.24) is 0 Å². The van der Waals surface area contributed by atoms with Crippen molar-refractivity contribution in [3.8, 4) is 0 Å². The van der Waals surface area contributed by atoms with Crippen LogP contribution in [0.1, 0.15) is 57.8 Å². The minimum absolute atomic E-state index is 0.0360. The lowest BCUT2D eigenvalue weighted by molar-refractivity contribution is -0.149. The molecule has 1 aliphatic heterocycles. The van der Waals surface area contributed by atoms with Crippen molar-refractivity contribution < 1.29 is 14.3 Å². The molecule has 17 heavy (non-hydrogen) atoms. The van der Waals surface area contributed by atoms with Crippen LogP contribution in [0.4, 0.5) is 0 Å². The number of carbonyl (C=O) groups excluding carboxylic acids is 1. The van der Waals surface area contributed by atoms with E-state index < -0.39 is 0 Å². The van der Waals surface area contributed by atoms with Crippen LogP contribution in [0.3, 0.4) is 0 Å². The third-order valence-corrected chi connectivity index (χ3v) is 3.94. The van der Waals surface area contributed by atoms with Gasteiger partial charge in [0.1, 0.15) is 6.61 Å². The Morgan fingerprint density at radius 1 is 1.12 bits per heavy atom. The van der Waals surface area contributed by atoms with E-state index in [9.17, 15) is 4.79 Å². The number of carbonyl (C=O) groups is 1. The molecule has 0 amide bonds. The first kappa shape index (κ1) is 12.9. The van der Waals surface area contributed by atoms with Crippen molar-refractivity contribution in [3.05, 3.63) is 0 Å². The molecule has 1 aliphatic carbocycles. The summed E-state index contributed by atoms with van der Waals surface area (Å²) in [5, 5.41) is 0. The topological polar surface area (TPSA) is 35.5 Å². The summed E-state index contributed by atoms with van der Waals surface area (Å²) in [5.74, 6) is 0.736. The van der Waals surface area contributed by atoms with Gasteiger partial charge in [-0.2, -0.15) is 0 Å². The smallest absolute Gasteiger partial charge is 0.305 e. The fourth-order valence-electron chi connectivity index (χ4n) is 2.82. The van der Waals surface area contributed by atoms with Crippen LogP contribution in [-0.4, -0.2) is 25.3 Å². The standard InChI is InChI=1S/C14H24O3/c15-14(9-8-12-5-1-2-6-12)17-11-13-7-3-4-10-16-13/h12-13H,1-11H2. The molecule has 0 spiro atoms. The van der Waals surface area contributed by atoms with E-state index in [1.54, 1.807) is 0 Å². The lowest BCUT2D eigenvalue weighted by Crippen LogP contribution is -2.26. The molecule has 0 bridgehead atoms. The Morgan fingerprint density at radius 3 is 2.59 bits per heavy atom. The fourth-order valence-corrected chi connectivity index (χ4v) is 2.82. The first-order chi connectivity index (χ1) is 8.34. The summed E-state index contributed by atoms with van der Waals surface area (Å²) in [6.07, 6.45) is 10.4. The summed E-state index contributed by atoms with van der Waals surface area (Å²) in [6.45, 7) is 1.29. The molecule has 0 aromatic rings. The Balaban J connectivity index is 1.53. The summed E-state index contributed by atoms with van der Waals surface area (Å²) in [7, 11) is 0. The molecule has 1 unspecified atom stereocenters. The monoisotopic (exact) mass is 240 g/mol. The Hall–Kier alpha value is -0.570. The van der Waals surface area contributed by atoms with Crippen molar-refractivity contribution >= 4 is 5.97 Å². The zero-order valence-corrected chi connectivity index (χ0v) is 10.7. The fraction of sp³-hybridized carbons (Fsp3) is 0.929. The third kappa shape index (κ3) is 4.66. The Morgan fingerprint density at radius 2 is 1.88 bits per heavy atom.